The Kier molecular flexibility index (Phi) is 5.02. The fraction of sp³-hybridized carbons (Fsp3) is 0.100. The van der Waals surface area contributed by atoms with Gasteiger partial charge in [0.2, 0.25) is 0 Å². The summed E-state index contributed by atoms with van der Waals surface area (Å²) in [6.07, 6.45) is 1.50. The predicted octanol–water partition coefficient (Wildman–Crippen LogP) is 4.80. The highest BCUT2D eigenvalue weighted by Crippen LogP contribution is 2.31. The standard InChI is InChI=1S/C20H16ClN5OS/c1-12-13(2)24-20-22-11-23-26(20)19(12)28-15-9-7-14(8-10-15)25-18(27)16-5-3-4-6-17(16)21/h3-11H,1-2H3,(H,25,27). The first-order chi connectivity index (χ1) is 13.5. The number of aromatic nitrogens is 4. The van der Waals surface area contributed by atoms with Crippen molar-refractivity contribution in [2.45, 2.75) is 23.8 Å². The van der Waals surface area contributed by atoms with Crippen LogP contribution in [0.1, 0.15) is 21.6 Å². The average molecular weight is 410 g/mol. The molecule has 2 aromatic heterocycles. The maximum Gasteiger partial charge on any atom is 0.257 e. The van der Waals surface area contributed by atoms with Crippen molar-refractivity contribution in [2.24, 2.45) is 0 Å². The van der Waals surface area contributed by atoms with Gasteiger partial charge in [0.05, 0.1) is 10.6 Å². The molecule has 0 spiro atoms. The number of nitrogens with one attached hydrogen (secondary N) is 1. The number of nitrogens with zero attached hydrogens (tertiary/aromatic N) is 4. The van der Waals surface area contributed by atoms with E-state index in [9.17, 15) is 4.79 Å². The third-order valence-corrected chi connectivity index (χ3v) is 5.81. The van der Waals surface area contributed by atoms with Gasteiger partial charge >= 0.3 is 0 Å². The molecule has 6 nitrogen and oxygen atoms in total. The van der Waals surface area contributed by atoms with Gasteiger partial charge in [0.1, 0.15) is 11.4 Å². The number of rotatable bonds is 4. The van der Waals surface area contributed by atoms with Crippen molar-refractivity contribution in [3.63, 3.8) is 0 Å². The molecular formula is C20H16ClN5OS. The normalized spacial score (nSPS) is 11.0. The van der Waals surface area contributed by atoms with Gasteiger partial charge in [-0.2, -0.15) is 14.6 Å². The van der Waals surface area contributed by atoms with Crippen molar-refractivity contribution in [1.29, 1.82) is 0 Å². The number of anilines is 1. The first kappa shape index (κ1) is 18.5. The van der Waals surface area contributed by atoms with Crippen molar-refractivity contribution >= 4 is 40.7 Å². The molecule has 0 aliphatic heterocycles. The van der Waals surface area contributed by atoms with E-state index in [0.717, 1.165) is 21.2 Å². The number of halogens is 1. The minimum absolute atomic E-state index is 0.240. The lowest BCUT2D eigenvalue weighted by Crippen LogP contribution is -2.12. The van der Waals surface area contributed by atoms with E-state index < -0.39 is 0 Å². The summed E-state index contributed by atoms with van der Waals surface area (Å²) in [5.41, 5.74) is 3.12. The number of benzene rings is 2. The van der Waals surface area contributed by atoms with E-state index in [0.29, 0.717) is 22.1 Å². The van der Waals surface area contributed by atoms with Gasteiger partial charge in [-0.15, -0.1) is 0 Å². The van der Waals surface area contributed by atoms with Crippen molar-refractivity contribution in [3.8, 4) is 0 Å². The lowest BCUT2D eigenvalue weighted by atomic mass is 10.2. The Morgan fingerprint density at radius 1 is 1.11 bits per heavy atom. The number of fused-ring (bicyclic) bond motifs is 1. The largest absolute Gasteiger partial charge is 0.322 e. The maximum atomic E-state index is 12.4. The second kappa shape index (κ2) is 7.61. The summed E-state index contributed by atoms with van der Waals surface area (Å²) in [6.45, 7) is 3.98. The molecule has 2 heterocycles. The van der Waals surface area contributed by atoms with Crippen molar-refractivity contribution in [2.75, 3.05) is 5.32 Å². The molecule has 4 aromatic rings. The zero-order chi connectivity index (χ0) is 19.7. The number of carbonyl (C=O) groups excluding carboxylic acids is 1. The molecule has 0 atom stereocenters. The summed E-state index contributed by atoms with van der Waals surface area (Å²) in [6, 6.07) is 14.6. The van der Waals surface area contributed by atoms with E-state index in [4.69, 9.17) is 11.6 Å². The van der Waals surface area contributed by atoms with E-state index in [-0.39, 0.29) is 5.91 Å². The van der Waals surface area contributed by atoms with E-state index in [1.54, 1.807) is 40.5 Å². The first-order valence-corrected chi connectivity index (χ1v) is 9.73. The molecule has 0 fully saturated rings. The maximum absolute atomic E-state index is 12.4. The Hall–Kier alpha value is -2.90. The fourth-order valence-electron chi connectivity index (χ4n) is 2.68. The van der Waals surface area contributed by atoms with Gasteiger partial charge in [-0.05, 0) is 50.2 Å². The topological polar surface area (TPSA) is 72.2 Å². The highest BCUT2D eigenvalue weighted by Gasteiger charge is 2.13. The zero-order valence-electron chi connectivity index (χ0n) is 15.2. The summed E-state index contributed by atoms with van der Waals surface area (Å²) < 4.78 is 1.74. The fourth-order valence-corrected chi connectivity index (χ4v) is 3.92. The van der Waals surface area contributed by atoms with Crippen LogP contribution in [0.15, 0.2) is 64.8 Å². The van der Waals surface area contributed by atoms with Crippen LogP contribution in [-0.2, 0) is 0 Å². The van der Waals surface area contributed by atoms with Gasteiger partial charge in [0, 0.05) is 21.8 Å². The molecule has 1 amide bonds. The number of amides is 1. The molecule has 0 bridgehead atoms. The van der Waals surface area contributed by atoms with E-state index in [1.165, 1.54) is 6.33 Å². The van der Waals surface area contributed by atoms with E-state index >= 15 is 0 Å². The van der Waals surface area contributed by atoms with Crippen LogP contribution in [0.4, 0.5) is 5.69 Å². The molecule has 0 radical (unpaired) electrons. The molecule has 2 aromatic carbocycles. The molecule has 140 valence electrons. The zero-order valence-corrected chi connectivity index (χ0v) is 16.8. The number of hydrogen-bond donors (Lipinski definition) is 1. The Bertz CT molecular complexity index is 1170. The van der Waals surface area contributed by atoms with Crippen LogP contribution in [0.25, 0.3) is 5.78 Å². The van der Waals surface area contributed by atoms with Crippen LogP contribution in [0, 0.1) is 13.8 Å². The third kappa shape index (κ3) is 3.58. The Morgan fingerprint density at radius 3 is 2.61 bits per heavy atom. The molecule has 4 rings (SSSR count). The van der Waals surface area contributed by atoms with Crippen LogP contribution in [-0.4, -0.2) is 25.5 Å². The molecule has 0 unspecified atom stereocenters. The van der Waals surface area contributed by atoms with Crippen molar-refractivity contribution < 1.29 is 4.79 Å². The second-order valence-electron chi connectivity index (χ2n) is 6.16. The monoisotopic (exact) mass is 409 g/mol. The smallest absolute Gasteiger partial charge is 0.257 e. The SMILES string of the molecule is Cc1nc2ncnn2c(Sc2ccc(NC(=O)c3ccccc3Cl)cc2)c1C. The average Bonchev–Trinajstić information content (AvgIpc) is 3.15. The predicted molar refractivity (Wildman–Crippen MR) is 110 cm³/mol. The molecule has 1 N–H and O–H groups in total. The molecule has 0 aliphatic carbocycles. The summed E-state index contributed by atoms with van der Waals surface area (Å²) in [4.78, 5) is 22.0. The van der Waals surface area contributed by atoms with Crippen LogP contribution in [0.5, 0.6) is 0 Å². The molecule has 28 heavy (non-hydrogen) atoms. The van der Waals surface area contributed by atoms with Gasteiger partial charge in [-0.1, -0.05) is 35.5 Å². The van der Waals surface area contributed by atoms with Crippen molar-refractivity contribution in [1.82, 2.24) is 19.6 Å². The van der Waals surface area contributed by atoms with E-state index in [2.05, 4.69) is 20.4 Å². The molecular weight excluding hydrogens is 394 g/mol. The van der Waals surface area contributed by atoms with Gasteiger partial charge in [-0.25, -0.2) is 4.98 Å². The van der Waals surface area contributed by atoms with Crippen LogP contribution < -0.4 is 5.32 Å². The highest BCUT2D eigenvalue weighted by molar-refractivity contribution is 7.99. The van der Waals surface area contributed by atoms with Gasteiger partial charge < -0.3 is 5.32 Å². The number of aryl methyl sites for hydroxylation is 1. The number of hydrogen-bond acceptors (Lipinski definition) is 5. The lowest BCUT2D eigenvalue weighted by molar-refractivity contribution is 0.102. The van der Waals surface area contributed by atoms with Gasteiger partial charge in [-0.3, -0.25) is 4.79 Å². The first-order valence-electron chi connectivity index (χ1n) is 8.53. The Labute approximate surface area is 171 Å². The second-order valence-corrected chi connectivity index (χ2v) is 7.63. The van der Waals surface area contributed by atoms with Crippen molar-refractivity contribution in [3.05, 3.63) is 76.7 Å². The van der Waals surface area contributed by atoms with Crippen LogP contribution in [0.2, 0.25) is 5.02 Å². The van der Waals surface area contributed by atoms with Gasteiger partial charge in [0.15, 0.2) is 0 Å². The summed E-state index contributed by atoms with van der Waals surface area (Å²) in [5, 5.41) is 8.52. The third-order valence-electron chi connectivity index (χ3n) is 4.30. The van der Waals surface area contributed by atoms with E-state index in [1.807, 2.05) is 38.1 Å². The molecule has 0 saturated heterocycles. The minimum Gasteiger partial charge on any atom is -0.322 e. The highest BCUT2D eigenvalue weighted by atomic mass is 35.5. The van der Waals surface area contributed by atoms with Crippen LogP contribution in [0.3, 0.4) is 0 Å². The number of carbonyl (C=O) groups is 1. The van der Waals surface area contributed by atoms with Crippen LogP contribution >= 0.6 is 23.4 Å². The van der Waals surface area contributed by atoms with Gasteiger partial charge in [0.25, 0.3) is 11.7 Å². The molecule has 0 aliphatic rings. The summed E-state index contributed by atoms with van der Waals surface area (Å²) >= 11 is 7.66. The minimum atomic E-state index is -0.240. The quantitative estimate of drug-likeness (QED) is 0.490. The molecule has 0 saturated carbocycles. The Balaban J connectivity index is 1.55. The summed E-state index contributed by atoms with van der Waals surface area (Å²) in [7, 11) is 0. The molecule has 8 heteroatoms. The Morgan fingerprint density at radius 2 is 1.86 bits per heavy atom. The summed E-state index contributed by atoms with van der Waals surface area (Å²) in [5.74, 6) is 0.338. The lowest BCUT2D eigenvalue weighted by Gasteiger charge is -2.10.